The van der Waals surface area contributed by atoms with Crippen LogP contribution >= 0.6 is 0 Å². The molecular formula is C22H23N2O3+. The fourth-order valence-electron chi connectivity index (χ4n) is 3.94. The van der Waals surface area contributed by atoms with Crippen LogP contribution in [-0.2, 0) is 9.59 Å². The van der Waals surface area contributed by atoms with Crippen LogP contribution in [0.25, 0.3) is 5.57 Å². The predicted molar refractivity (Wildman–Crippen MR) is 104 cm³/mol. The molecular weight excluding hydrogens is 340 g/mol. The standard InChI is InChI=1S/C22H22N2O3/c1-27-19-9-7-18(8-10-19)24-21(25)15-20(22(24)26)23-13-11-17(12-14-23)16-5-3-2-4-6-16/h2-11,20H,12-15H2,1H3/p+1/t20-/m0/s1. The van der Waals surface area contributed by atoms with Crippen LogP contribution in [0.1, 0.15) is 18.4 Å². The minimum Gasteiger partial charge on any atom is -0.497 e. The Balaban J connectivity index is 1.48. The van der Waals surface area contributed by atoms with Gasteiger partial charge in [0.1, 0.15) is 5.75 Å². The summed E-state index contributed by atoms with van der Waals surface area (Å²) in [5, 5.41) is 0. The van der Waals surface area contributed by atoms with Gasteiger partial charge >= 0.3 is 0 Å². The molecule has 2 atom stereocenters. The van der Waals surface area contributed by atoms with Gasteiger partial charge in [-0.15, -0.1) is 0 Å². The first kappa shape index (κ1) is 17.5. The highest BCUT2D eigenvalue weighted by molar-refractivity contribution is 6.21. The molecule has 0 saturated carbocycles. The van der Waals surface area contributed by atoms with Gasteiger partial charge in [-0.2, -0.15) is 0 Å². The lowest BCUT2D eigenvalue weighted by atomic mass is 9.98. The largest absolute Gasteiger partial charge is 0.497 e. The molecule has 5 heteroatoms. The number of carbonyl (C=O) groups excluding carboxylic acids is 2. The van der Waals surface area contributed by atoms with Crippen molar-refractivity contribution in [2.75, 3.05) is 25.1 Å². The Kier molecular flexibility index (Phi) is 4.77. The van der Waals surface area contributed by atoms with E-state index in [4.69, 9.17) is 4.74 Å². The number of imide groups is 1. The zero-order valence-corrected chi connectivity index (χ0v) is 15.4. The lowest BCUT2D eigenvalue weighted by Crippen LogP contribution is -3.17. The molecule has 5 nitrogen and oxygen atoms in total. The third-order valence-electron chi connectivity index (χ3n) is 5.44. The van der Waals surface area contributed by atoms with Crippen molar-refractivity contribution in [2.45, 2.75) is 18.9 Å². The maximum atomic E-state index is 13.0. The maximum Gasteiger partial charge on any atom is 0.292 e. The zero-order chi connectivity index (χ0) is 18.8. The van der Waals surface area contributed by atoms with Gasteiger partial charge in [-0.1, -0.05) is 30.3 Å². The van der Waals surface area contributed by atoms with Crippen LogP contribution < -0.4 is 14.5 Å². The second-order valence-electron chi connectivity index (χ2n) is 6.98. The van der Waals surface area contributed by atoms with Crippen molar-refractivity contribution in [3.8, 4) is 5.75 Å². The van der Waals surface area contributed by atoms with Gasteiger partial charge in [0, 0.05) is 6.42 Å². The zero-order valence-electron chi connectivity index (χ0n) is 15.4. The second kappa shape index (κ2) is 7.37. The molecule has 27 heavy (non-hydrogen) atoms. The quantitative estimate of drug-likeness (QED) is 0.842. The van der Waals surface area contributed by atoms with E-state index in [9.17, 15) is 9.59 Å². The number of hydrogen-bond donors (Lipinski definition) is 1. The minimum atomic E-state index is -0.298. The molecule has 2 amide bonds. The molecule has 1 N–H and O–H groups in total. The number of nitrogens with one attached hydrogen (secondary N) is 1. The van der Waals surface area contributed by atoms with Gasteiger partial charge in [-0.05, 0) is 41.5 Å². The SMILES string of the molecule is COc1ccc(N2C(=O)C[C@H]([NH+]3CC=C(c4ccccc4)CC3)C2=O)cc1. The van der Waals surface area contributed by atoms with Gasteiger partial charge in [0.25, 0.3) is 5.91 Å². The Hall–Kier alpha value is -2.92. The van der Waals surface area contributed by atoms with Crippen molar-refractivity contribution in [2.24, 2.45) is 0 Å². The van der Waals surface area contributed by atoms with Crippen molar-refractivity contribution >= 4 is 23.1 Å². The molecule has 1 unspecified atom stereocenters. The third-order valence-corrected chi connectivity index (χ3v) is 5.44. The molecule has 0 aromatic heterocycles. The second-order valence-corrected chi connectivity index (χ2v) is 6.98. The van der Waals surface area contributed by atoms with Crippen molar-refractivity contribution in [1.29, 1.82) is 0 Å². The number of benzene rings is 2. The van der Waals surface area contributed by atoms with Gasteiger partial charge in [0.15, 0.2) is 6.04 Å². The number of hydrogen-bond acceptors (Lipinski definition) is 3. The summed E-state index contributed by atoms with van der Waals surface area (Å²) in [7, 11) is 1.59. The number of quaternary nitrogens is 1. The topological polar surface area (TPSA) is 51.0 Å². The average molecular weight is 363 g/mol. The molecule has 0 radical (unpaired) electrons. The Morgan fingerprint density at radius 2 is 1.78 bits per heavy atom. The molecule has 2 aliphatic heterocycles. The van der Waals surface area contributed by atoms with Crippen LogP contribution in [-0.4, -0.2) is 38.1 Å². The van der Waals surface area contributed by atoms with Crippen LogP contribution in [0.15, 0.2) is 60.7 Å². The van der Waals surface area contributed by atoms with E-state index in [0.717, 1.165) is 19.5 Å². The molecule has 0 spiro atoms. The summed E-state index contributed by atoms with van der Waals surface area (Å²) in [6.45, 7) is 1.63. The summed E-state index contributed by atoms with van der Waals surface area (Å²) in [5.74, 6) is 0.479. The van der Waals surface area contributed by atoms with E-state index in [1.165, 1.54) is 20.9 Å². The van der Waals surface area contributed by atoms with E-state index in [1.54, 1.807) is 31.4 Å². The van der Waals surface area contributed by atoms with Crippen LogP contribution in [0.5, 0.6) is 5.75 Å². The average Bonchev–Trinajstić information content (AvgIpc) is 3.03. The summed E-state index contributed by atoms with van der Waals surface area (Å²) in [4.78, 5) is 28.0. The monoisotopic (exact) mass is 363 g/mol. The van der Waals surface area contributed by atoms with Crippen molar-refractivity contribution in [1.82, 2.24) is 0 Å². The highest BCUT2D eigenvalue weighted by atomic mass is 16.5. The van der Waals surface area contributed by atoms with E-state index >= 15 is 0 Å². The molecule has 2 aliphatic rings. The van der Waals surface area contributed by atoms with E-state index in [1.807, 2.05) is 18.2 Å². The Morgan fingerprint density at radius 3 is 2.41 bits per heavy atom. The van der Waals surface area contributed by atoms with E-state index in [2.05, 4.69) is 18.2 Å². The molecule has 4 rings (SSSR count). The molecule has 138 valence electrons. The smallest absolute Gasteiger partial charge is 0.292 e. The Bertz CT molecular complexity index is 874. The summed E-state index contributed by atoms with van der Waals surface area (Å²) >= 11 is 0. The van der Waals surface area contributed by atoms with Crippen molar-refractivity contribution < 1.29 is 19.2 Å². The molecule has 2 heterocycles. The first-order chi connectivity index (χ1) is 13.2. The maximum absolute atomic E-state index is 13.0. The van der Waals surface area contributed by atoms with Crippen molar-refractivity contribution in [3.05, 3.63) is 66.2 Å². The van der Waals surface area contributed by atoms with Crippen LogP contribution in [0.3, 0.4) is 0 Å². The van der Waals surface area contributed by atoms with E-state index in [0.29, 0.717) is 11.4 Å². The highest BCUT2D eigenvalue weighted by Gasteiger charge is 2.45. The molecule has 1 fully saturated rings. The van der Waals surface area contributed by atoms with Crippen LogP contribution in [0, 0.1) is 0 Å². The molecule has 1 saturated heterocycles. The number of methoxy groups -OCH3 is 1. The Morgan fingerprint density at radius 1 is 1.04 bits per heavy atom. The summed E-state index contributed by atoms with van der Waals surface area (Å²) in [5.41, 5.74) is 3.18. The number of amides is 2. The van der Waals surface area contributed by atoms with Gasteiger partial charge in [0.05, 0.1) is 32.3 Å². The predicted octanol–water partition coefficient (Wildman–Crippen LogP) is 1.70. The number of carbonyl (C=O) groups is 2. The van der Waals surface area contributed by atoms with Gasteiger partial charge in [-0.25, -0.2) is 4.90 Å². The summed E-state index contributed by atoms with van der Waals surface area (Å²) in [6.07, 6.45) is 3.40. The van der Waals surface area contributed by atoms with E-state index in [-0.39, 0.29) is 24.3 Å². The van der Waals surface area contributed by atoms with E-state index < -0.39 is 0 Å². The molecule has 2 aromatic rings. The summed E-state index contributed by atoms with van der Waals surface area (Å²) < 4.78 is 5.15. The van der Waals surface area contributed by atoms with Gasteiger partial charge in [-0.3, -0.25) is 9.59 Å². The fourth-order valence-corrected chi connectivity index (χ4v) is 3.94. The molecule has 0 bridgehead atoms. The fraction of sp³-hybridized carbons (Fsp3) is 0.273. The molecule has 2 aromatic carbocycles. The first-order valence-electron chi connectivity index (χ1n) is 9.27. The lowest BCUT2D eigenvalue weighted by Gasteiger charge is -2.27. The first-order valence-corrected chi connectivity index (χ1v) is 9.27. The van der Waals surface area contributed by atoms with Crippen LogP contribution in [0.2, 0.25) is 0 Å². The van der Waals surface area contributed by atoms with Gasteiger partial charge in [0.2, 0.25) is 5.91 Å². The number of nitrogens with zero attached hydrogens (tertiary/aromatic N) is 1. The molecule has 0 aliphatic carbocycles. The highest BCUT2D eigenvalue weighted by Crippen LogP contribution is 2.25. The Labute approximate surface area is 158 Å². The van der Waals surface area contributed by atoms with Crippen LogP contribution in [0.4, 0.5) is 5.69 Å². The number of anilines is 1. The summed E-state index contributed by atoms with van der Waals surface area (Å²) in [6, 6.07) is 17.1. The lowest BCUT2D eigenvalue weighted by molar-refractivity contribution is -0.909. The third kappa shape index (κ3) is 3.38. The van der Waals surface area contributed by atoms with Gasteiger partial charge < -0.3 is 9.64 Å². The van der Waals surface area contributed by atoms with Crippen molar-refractivity contribution in [3.63, 3.8) is 0 Å². The number of rotatable bonds is 4. The number of ether oxygens (including phenoxy) is 1. The normalized spacial score (nSPS) is 22.7. The minimum absolute atomic E-state index is 0.100.